The van der Waals surface area contributed by atoms with Crippen molar-refractivity contribution in [2.24, 2.45) is 5.41 Å². The van der Waals surface area contributed by atoms with E-state index in [1.165, 1.54) is 0 Å². The molecule has 0 aromatic heterocycles. The number of aryl methyl sites for hydroxylation is 2. The Kier molecular flexibility index (Phi) is 11.5. The predicted octanol–water partition coefficient (Wildman–Crippen LogP) is 7.48. The highest BCUT2D eigenvalue weighted by atomic mass is 35.5. The van der Waals surface area contributed by atoms with Crippen LogP contribution in [0.2, 0.25) is 10.0 Å². The van der Waals surface area contributed by atoms with E-state index in [0.717, 1.165) is 40.7 Å². The van der Waals surface area contributed by atoms with E-state index in [1.807, 2.05) is 79.4 Å². The summed E-state index contributed by atoms with van der Waals surface area (Å²) in [5.74, 6) is 0.228. The molecule has 0 spiro atoms. The molecule has 276 valence electrons. The van der Waals surface area contributed by atoms with Crippen LogP contribution in [0.4, 0.5) is 0 Å². The van der Waals surface area contributed by atoms with E-state index in [4.69, 9.17) is 32.7 Å². The summed E-state index contributed by atoms with van der Waals surface area (Å²) < 4.78 is 11.9. The number of nitrogens with one attached hydrogen (secondary N) is 1. The molecule has 52 heavy (non-hydrogen) atoms. The molecule has 9 nitrogen and oxygen atoms in total. The number of carboxylic acids is 1. The Bertz CT molecular complexity index is 1860. The molecular formula is C41H47Cl2N3O6. The number of piperazine rings is 1. The number of fused-ring (bicyclic) bond motifs is 2. The first-order valence-electron chi connectivity index (χ1n) is 18.0. The lowest BCUT2D eigenvalue weighted by atomic mass is 9.82. The van der Waals surface area contributed by atoms with Crippen molar-refractivity contribution in [3.8, 4) is 11.5 Å². The zero-order valence-corrected chi connectivity index (χ0v) is 31.7. The highest BCUT2D eigenvalue weighted by molar-refractivity contribution is 6.32. The van der Waals surface area contributed by atoms with Crippen LogP contribution in [0.1, 0.15) is 68.2 Å². The number of halogens is 2. The molecule has 2 atom stereocenters. The van der Waals surface area contributed by atoms with Gasteiger partial charge >= 0.3 is 5.97 Å². The van der Waals surface area contributed by atoms with Crippen LogP contribution >= 0.6 is 23.2 Å². The smallest absolute Gasteiger partial charge is 0.309 e. The van der Waals surface area contributed by atoms with Crippen LogP contribution in [0, 0.1) is 19.3 Å². The van der Waals surface area contributed by atoms with Gasteiger partial charge in [-0.15, -0.1) is 0 Å². The highest BCUT2D eigenvalue weighted by Gasteiger charge is 2.43. The van der Waals surface area contributed by atoms with Gasteiger partial charge in [0.1, 0.15) is 24.7 Å². The number of amides is 2. The molecule has 3 aliphatic rings. The van der Waals surface area contributed by atoms with Crippen molar-refractivity contribution in [2.45, 2.75) is 84.5 Å². The van der Waals surface area contributed by atoms with E-state index < -0.39 is 11.4 Å². The van der Waals surface area contributed by atoms with Crippen molar-refractivity contribution in [1.82, 2.24) is 15.1 Å². The second-order valence-corrected chi connectivity index (χ2v) is 15.7. The summed E-state index contributed by atoms with van der Waals surface area (Å²) in [5, 5.41) is 14.4. The lowest BCUT2D eigenvalue weighted by Crippen LogP contribution is -2.62. The zero-order chi connectivity index (χ0) is 37.2. The number of nitrogens with zero attached hydrogens (tertiary/aromatic N) is 2. The Labute approximate surface area is 315 Å². The van der Waals surface area contributed by atoms with Crippen molar-refractivity contribution < 1.29 is 29.0 Å². The summed E-state index contributed by atoms with van der Waals surface area (Å²) in [4.78, 5) is 43.7. The van der Waals surface area contributed by atoms with E-state index in [9.17, 15) is 19.5 Å². The van der Waals surface area contributed by atoms with E-state index >= 15 is 0 Å². The van der Waals surface area contributed by atoms with Crippen LogP contribution in [0.5, 0.6) is 11.5 Å². The van der Waals surface area contributed by atoms with Gasteiger partial charge in [-0.1, -0.05) is 53.5 Å². The number of hydrogen-bond acceptors (Lipinski definition) is 6. The SMILES string of the molecule is Cc1cc(Cl)c(OCCOc2ccc(C3=C(C(=O)N(Cc4ccccc4Cl)C4CC4)C4CN(C(=O)CCC(C)(C)C(=O)O)CC(C3)N4)cc2)cc1C. The first-order valence-corrected chi connectivity index (χ1v) is 18.7. The van der Waals surface area contributed by atoms with Crippen LogP contribution < -0.4 is 14.8 Å². The zero-order valence-electron chi connectivity index (χ0n) is 30.2. The summed E-state index contributed by atoms with van der Waals surface area (Å²) in [7, 11) is 0. The number of aliphatic carboxylic acids is 1. The Hall–Kier alpha value is -4.05. The number of hydrogen-bond donors (Lipinski definition) is 2. The molecule has 2 fully saturated rings. The molecule has 2 aliphatic heterocycles. The third-order valence-corrected chi connectivity index (χ3v) is 11.1. The summed E-state index contributed by atoms with van der Waals surface area (Å²) in [6, 6.07) is 18.9. The van der Waals surface area contributed by atoms with Gasteiger partial charge in [0.2, 0.25) is 5.91 Å². The molecule has 11 heteroatoms. The van der Waals surface area contributed by atoms with Crippen molar-refractivity contribution in [3.63, 3.8) is 0 Å². The molecule has 3 aromatic carbocycles. The Balaban J connectivity index is 1.23. The molecule has 3 aromatic rings. The molecule has 2 unspecified atom stereocenters. The Morgan fingerprint density at radius 2 is 1.63 bits per heavy atom. The van der Waals surface area contributed by atoms with Crippen LogP contribution in [-0.2, 0) is 20.9 Å². The summed E-state index contributed by atoms with van der Waals surface area (Å²) in [6.07, 6.45) is 2.77. The van der Waals surface area contributed by atoms with Crippen LogP contribution in [-0.4, -0.2) is 77.1 Å². The van der Waals surface area contributed by atoms with Gasteiger partial charge in [0.25, 0.3) is 5.91 Å². The molecule has 1 saturated heterocycles. The minimum absolute atomic E-state index is 0.0582. The van der Waals surface area contributed by atoms with Gasteiger partial charge < -0.3 is 29.7 Å². The monoisotopic (exact) mass is 747 g/mol. The maximum atomic E-state index is 14.8. The van der Waals surface area contributed by atoms with Gasteiger partial charge in [0.15, 0.2) is 0 Å². The van der Waals surface area contributed by atoms with E-state index in [-0.39, 0.29) is 42.8 Å². The second-order valence-electron chi connectivity index (χ2n) is 14.8. The lowest BCUT2D eigenvalue weighted by Gasteiger charge is -2.45. The van der Waals surface area contributed by atoms with E-state index in [2.05, 4.69) is 5.32 Å². The summed E-state index contributed by atoms with van der Waals surface area (Å²) in [6.45, 7) is 9.15. The van der Waals surface area contributed by atoms with E-state index in [0.29, 0.717) is 66.4 Å². The molecule has 2 amide bonds. The van der Waals surface area contributed by atoms with Crippen molar-refractivity contribution in [2.75, 3.05) is 26.3 Å². The van der Waals surface area contributed by atoms with Crippen molar-refractivity contribution in [1.29, 1.82) is 0 Å². The van der Waals surface area contributed by atoms with Gasteiger partial charge in [-0.2, -0.15) is 0 Å². The van der Waals surface area contributed by atoms with Crippen LogP contribution in [0.3, 0.4) is 0 Å². The quantitative estimate of drug-likeness (QED) is 0.165. The van der Waals surface area contributed by atoms with Gasteiger partial charge in [-0.3, -0.25) is 14.4 Å². The average molecular weight is 749 g/mol. The topological polar surface area (TPSA) is 108 Å². The molecule has 1 aliphatic carbocycles. The number of ether oxygens (including phenoxy) is 2. The van der Waals surface area contributed by atoms with E-state index in [1.54, 1.807) is 18.7 Å². The molecule has 2 bridgehead atoms. The third kappa shape index (κ3) is 8.76. The van der Waals surface area contributed by atoms with Crippen LogP contribution in [0.15, 0.2) is 66.2 Å². The number of rotatable bonds is 14. The van der Waals surface area contributed by atoms with Gasteiger partial charge in [0.05, 0.1) is 16.5 Å². The standard InChI is InChI=1S/C41H47Cl2N3O6/c1-25-19-34(43)36(20-26(25)2)52-18-17-51-31-13-9-27(10-14-31)32-21-29-23-45(37(47)15-16-41(3,4)40(49)50)24-35(44-29)38(32)39(48)46(30-11-12-30)22-28-7-5-6-8-33(28)42/h5-10,13-14,19-20,29-30,35,44H,11-12,15-18,21-24H2,1-4H3,(H,49,50). The second kappa shape index (κ2) is 15.9. The minimum atomic E-state index is -1.01. The summed E-state index contributed by atoms with van der Waals surface area (Å²) in [5.41, 5.74) is 4.64. The Morgan fingerprint density at radius 1 is 0.942 bits per heavy atom. The molecule has 2 N–H and O–H groups in total. The number of carboxylic acid groups (broad SMARTS) is 1. The predicted molar refractivity (Wildman–Crippen MR) is 203 cm³/mol. The normalized spacial score (nSPS) is 18.6. The van der Waals surface area contributed by atoms with Gasteiger partial charge in [-0.25, -0.2) is 0 Å². The molecule has 0 radical (unpaired) electrons. The van der Waals surface area contributed by atoms with Gasteiger partial charge in [0, 0.05) is 48.7 Å². The Morgan fingerprint density at radius 3 is 2.33 bits per heavy atom. The fourth-order valence-electron chi connectivity index (χ4n) is 6.90. The molecular weight excluding hydrogens is 701 g/mol. The summed E-state index contributed by atoms with van der Waals surface area (Å²) >= 11 is 12.9. The van der Waals surface area contributed by atoms with Crippen LogP contribution in [0.25, 0.3) is 5.57 Å². The highest BCUT2D eigenvalue weighted by Crippen LogP contribution is 2.38. The first-order chi connectivity index (χ1) is 24.8. The number of carbonyl (C=O) groups excluding carboxylic acids is 2. The average Bonchev–Trinajstić information content (AvgIpc) is 3.96. The van der Waals surface area contributed by atoms with Crippen molar-refractivity contribution in [3.05, 3.63) is 98.5 Å². The third-order valence-electron chi connectivity index (χ3n) is 10.4. The fraction of sp³-hybridized carbons (Fsp3) is 0.439. The fourth-order valence-corrected chi connectivity index (χ4v) is 7.37. The maximum Gasteiger partial charge on any atom is 0.309 e. The number of benzene rings is 3. The first kappa shape index (κ1) is 37.7. The molecule has 2 heterocycles. The van der Waals surface area contributed by atoms with Gasteiger partial charge in [-0.05, 0) is 112 Å². The largest absolute Gasteiger partial charge is 0.490 e. The minimum Gasteiger partial charge on any atom is -0.490 e. The molecule has 6 rings (SSSR count). The molecule has 1 saturated carbocycles. The lowest BCUT2D eigenvalue weighted by molar-refractivity contribution is -0.148. The number of carbonyl (C=O) groups is 3. The van der Waals surface area contributed by atoms with Crippen molar-refractivity contribution >= 4 is 46.6 Å². The maximum absolute atomic E-state index is 14.8.